The number of carbonyl (C=O) groups is 3. The lowest BCUT2D eigenvalue weighted by Crippen LogP contribution is -2.45. The molecule has 3 unspecified atom stereocenters. The highest BCUT2D eigenvalue weighted by molar-refractivity contribution is 5.84. The van der Waals surface area contributed by atoms with Crippen LogP contribution in [0.1, 0.15) is 50.7 Å². The van der Waals surface area contributed by atoms with Gasteiger partial charge in [-0.25, -0.2) is 9.59 Å². The van der Waals surface area contributed by atoms with Crippen LogP contribution >= 0.6 is 0 Å². The standard InChI is InChI=1S/C26H32N2O5/c1-4-17(3)24(25(30)31)28-23(29)13-16(2)14-27-26(32)33-15-22-20-11-7-5-9-18(20)19-10-6-8-12-21(19)22/h5-12,16-17,22,24H,4,13-15H2,1-3H3,(H,27,32)(H,28,29)(H,30,31). The predicted octanol–water partition coefficient (Wildman–Crippen LogP) is 4.17. The van der Waals surface area contributed by atoms with E-state index in [1.807, 2.05) is 38.1 Å². The number of nitrogens with one attached hydrogen (secondary N) is 2. The Balaban J connectivity index is 1.47. The van der Waals surface area contributed by atoms with Crippen LogP contribution in [0.4, 0.5) is 4.79 Å². The van der Waals surface area contributed by atoms with Crippen molar-refractivity contribution in [1.82, 2.24) is 10.6 Å². The summed E-state index contributed by atoms with van der Waals surface area (Å²) in [7, 11) is 0. The fraction of sp³-hybridized carbons (Fsp3) is 0.423. The molecule has 3 atom stereocenters. The van der Waals surface area contributed by atoms with Gasteiger partial charge in [-0.1, -0.05) is 75.7 Å². The SMILES string of the molecule is CCC(C)C(NC(=O)CC(C)CNC(=O)OCC1c2ccccc2-c2ccccc21)C(=O)O. The molecular formula is C26H32N2O5. The second kappa shape index (κ2) is 11.0. The van der Waals surface area contributed by atoms with E-state index < -0.39 is 18.1 Å². The largest absolute Gasteiger partial charge is 0.480 e. The number of benzene rings is 2. The summed E-state index contributed by atoms with van der Waals surface area (Å²) >= 11 is 0. The highest BCUT2D eigenvalue weighted by Crippen LogP contribution is 2.44. The quantitative estimate of drug-likeness (QED) is 0.502. The topological polar surface area (TPSA) is 105 Å². The smallest absolute Gasteiger partial charge is 0.407 e. The molecule has 3 rings (SSSR count). The normalized spacial score (nSPS) is 15.0. The first-order chi connectivity index (χ1) is 15.8. The van der Waals surface area contributed by atoms with Gasteiger partial charge in [-0.15, -0.1) is 0 Å². The van der Waals surface area contributed by atoms with Crippen LogP contribution in [0.2, 0.25) is 0 Å². The molecule has 33 heavy (non-hydrogen) atoms. The first-order valence-corrected chi connectivity index (χ1v) is 11.4. The van der Waals surface area contributed by atoms with E-state index in [1.54, 1.807) is 6.92 Å². The molecule has 0 heterocycles. The molecule has 1 aliphatic rings. The molecule has 2 aromatic rings. The van der Waals surface area contributed by atoms with Crippen LogP contribution in [0.25, 0.3) is 11.1 Å². The summed E-state index contributed by atoms with van der Waals surface area (Å²) in [5.74, 6) is -1.73. The molecule has 7 heteroatoms. The number of carboxylic acid groups (broad SMARTS) is 1. The molecule has 2 aromatic carbocycles. The fourth-order valence-corrected chi connectivity index (χ4v) is 4.21. The van der Waals surface area contributed by atoms with Crippen LogP contribution in [0, 0.1) is 11.8 Å². The first kappa shape index (κ1) is 24.3. The van der Waals surface area contributed by atoms with E-state index >= 15 is 0 Å². The fourth-order valence-electron chi connectivity index (χ4n) is 4.21. The zero-order chi connectivity index (χ0) is 24.0. The number of hydrogen-bond donors (Lipinski definition) is 3. The summed E-state index contributed by atoms with van der Waals surface area (Å²) in [5.41, 5.74) is 4.62. The number of amides is 2. The molecule has 7 nitrogen and oxygen atoms in total. The summed E-state index contributed by atoms with van der Waals surface area (Å²) in [5, 5.41) is 14.6. The molecule has 0 saturated carbocycles. The van der Waals surface area contributed by atoms with E-state index in [9.17, 15) is 19.5 Å². The number of carboxylic acids is 1. The molecule has 3 N–H and O–H groups in total. The van der Waals surface area contributed by atoms with Crippen molar-refractivity contribution in [2.45, 2.75) is 45.6 Å². The lowest BCUT2D eigenvalue weighted by atomic mass is 9.98. The minimum absolute atomic E-state index is 0.0140. The Bertz CT molecular complexity index is 960. The van der Waals surface area contributed by atoms with E-state index in [4.69, 9.17) is 4.74 Å². The van der Waals surface area contributed by atoms with Crippen LogP contribution in [-0.2, 0) is 14.3 Å². The number of alkyl carbamates (subject to hydrolysis) is 1. The Hall–Kier alpha value is -3.35. The van der Waals surface area contributed by atoms with Crippen LogP contribution in [0.15, 0.2) is 48.5 Å². The van der Waals surface area contributed by atoms with Gasteiger partial charge >= 0.3 is 12.1 Å². The Morgan fingerprint density at radius 3 is 2.12 bits per heavy atom. The van der Waals surface area contributed by atoms with Crippen molar-refractivity contribution in [3.63, 3.8) is 0 Å². The molecule has 176 valence electrons. The summed E-state index contributed by atoms with van der Waals surface area (Å²) in [4.78, 5) is 35.9. The van der Waals surface area contributed by atoms with E-state index in [0.29, 0.717) is 6.42 Å². The Kier molecular flexibility index (Phi) is 8.09. The number of rotatable bonds is 10. The molecule has 0 aliphatic heterocycles. The van der Waals surface area contributed by atoms with Crippen molar-refractivity contribution in [3.05, 3.63) is 59.7 Å². The first-order valence-electron chi connectivity index (χ1n) is 11.4. The van der Waals surface area contributed by atoms with Crippen molar-refractivity contribution in [1.29, 1.82) is 0 Å². The maximum atomic E-state index is 12.3. The maximum Gasteiger partial charge on any atom is 0.407 e. The monoisotopic (exact) mass is 452 g/mol. The summed E-state index contributed by atoms with van der Waals surface area (Å²) < 4.78 is 5.51. The average Bonchev–Trinajstić information content (AvgIpc) is 3.13. The van der Waals surface area contributed by atoms with Gasteiger partial charge in [0.15, 0.2) is 0 Å². The van der Waals surface area contributed by atoms with Crippen molar-refractivity contribution in [3.8, 4) is 11.1 Å². The minimum atomic E-state index is -1.04. The van der Waals surface area contributed by atoms with Crippen molar-refractivity contribution >= 4 is 18.0 Å². The Morgan fingerprint density at radius 2 is 1.58 bits per heavy atom. The van der Waals surface area contributed by atoms with E-state index in [2.05, 4.69) is 34.9 Å². The number of fused-ring (bicyclic) bond motifs is 3. The summed E-state index contributed by atoms with van der Waals surface area (Å²) in [6, 6.07) is 15.4. The highest BCUT2D eigenvalue weighted by atomic mass is 16.5. The van der Waals surface area contributed by atoms with Gasteiger partial charge < -0.3 is 20.5 Å². The van der Waals surface area contributed by atoms with Gasteiger partial charge in [0.05, 0.1) is 0 Å². The van der Waals surface area contributed by atoms with Gasteiger partial charge in [0, 0.05) is 18.9 Å². The van der Waals surface area contributed by atoms with Gasteiger partial charge in [0.1, 0.15) is 12.6 Å². The maximum absolute atomic E-state index is 12.3. The van der Waals surface area contributed by atoms with E-state index in [1.165, 1.54) is 11.1 Å². The molecule has 2 amide bonds. The summed E-state index contributed by atoms with van der Waals surface area (Å²) in [6.45, 7) is 5.98. The van der Waals surface area contributed by atoms with Crippen molar-refractivity contribution < 1.29 is 24.2 Å². The van der Waals surface area contributed by atoms with Gasteiger partial charge in [0.2, 0.25) is 5.91 Å². The number of hydrogen-bond acceptors (Lipinski definition) is 4. The molecule has 0 aromatic heterocycles. The van der Waals surface area contributed by atoms with E-state index in [-0.39, 0.29) is 43.2 Å². The Labute approximate surface area is 194 Å². The third-order valence-electron chi connectivity index (χ3n) is 6.27. The highest BCUT2D eigenvalue weighted by Gasteiger charge is 2.29. The lowest BCUT2D eigenvalue weighted by molar-refractivity contribution is -0.143. The van der Waals surface area contributed by atoms with Crippen LogP contribution in [0.3, 0.4) is 0 Å². The number of aliphatic carboxylic acids is 1. The van der Waals surface area contributed by atoms with Crippen LogP contribution < -0.4 is 10.6 Å². The molecule has 0 fully saturated rings. The molecule has 0 saturated heterocycles. The van der Waals surface area contributed by atoms with Gasteiger partial charge in [0.25, 0.3) is 0 Å². The molecule has 0 bridgehead atoms. The molecule has 0 radical (unpaired) electrons. The average molecular weight is 453 g/mol. The number of ether oxygens (including phenoxy) is 1. The van der Waals surface area contributed by atoms with Gasteiger partial charge in [-0.3, -0.25) is 4.79 Å². The molecule has 1 aliphatic carbocycles. The lowest BCUT2D eigenvalue weighted by Gasteiger charge is -2.21. The summed E-state index contributed by atoms with van der Waals surface area (Å²) in [6.07, 6.45) is 0.229. The second-order valence-electron chi connectivity index (χ2n) is 8.78. The third-order valence-corrected chi connectivity index (χ3v) is 6.27. The molecule has 0 spiro atoms. The van der Waals surface area contributed by atoms with Gasteiger partial charge in [-0.2, -0.15) is 0 Å². The van der Waals surface area contributed by atoms with E-state index in [0.717, 1.165) is 11.1 Å². The third kappa shape index (κ3) is 5.92. The minimum Gasteiger partial charge on any atom is -0.480 e. The van der Waals surface area contributed by atoms with Crippen molar-refractivity contribution in [2.24, 2.45) is 11.8 Å². The van der Waals surface area contributed by atoms with Gasteiger partial charge in [-0.05, 0) is 34.1 Å². The predicted molar refractivity (Wildman–Crippen MR) is 126 cm³/mol. The van der Waals surface area contributed by atoms with Crippen LogP contribution in [-0.4, -0.2) is 42.3 Å². The molecular weight excluding hydrogens is 420 g/mol. The zero-order valence-electron chi connectivity index (χ0n) is 19.3. The van der Waals surface area contributed by atoms with Crippen molar-refractivity contribution in [2.75, 3.05) is 13.2 Å². The Morgan fingerprint density at radius 1 is 1.00 bits per heavy atom. The zero-order valence-corrected chi connectivity index (χ0v) is 19.3. The second-order valence-corrected chi connectivity index (χ2v) is 8.78. The van der Waals surface area contributed by atoms with Crippen LogP contribution in [0.5, 0.6) is 0 Å². The number of carbonyl (C=O) groups excluding carboxylic acids is 2.